The van der Waals surface area contributed by atoms with E-state index in [1.807, 2.05) is 30.3 Å². The van der Waals surface area contributed by atoms with E-state index < -0.39 is 23.6 Å². The molecule has 0 bridgehead atoms. The van der Waals surface area contributed by atoms with Crippen molar-refractivity contribution < 1.29 is 19.2 Å². The van der Waals surface area contributed by atoms with Crippen LogP contribution in [0.5, 0.6) is 0 Å². The van der Waals surface area contributed by atoms with Gasteiger partial charge < -0.3 is 4.90 Å². The topological polar surface area (TPSA) is 81.2 Å². The largest absolute Gasteiger partial charge is 0.368 e. The molecule has 5 aromatic rings. The molecule has 0 radical (unpaired) electrons. The smallest absolute Gasteiger partial charge is 0.281 e. The fourth-order valence-electron chi connectivity index (χ4n) is 6.71. The second-order valence-corrected chi connectivity index (χ2v) is 11.2. The first kappa shape index (κ1) is 25.4. The van der Waals surface area contributed by atoms with E-state index in [0.29, 0.717) is 15.8 Å². The van der Waals surface area contributed by atoms with Crippen LogP contribution in [0.25, 0.3) is 21.5 Å². The third-order valence-corrected chi connectivity index (χ3v) is 8.78. The molecule has 0 unspecified atom stereocenters. The van der Waals surface area contributed by atoms with Gasteiger partial charge in [-0.2, -0.15) is 10.0 Å². The van der Waals surface area contributed by atoms with Crippen LogP contribution in [-0.4, -0.2) is 64.7 Å². The van der Waals surface area contributed by atoms with Crippen LogP contribution < -0.4 is 4.90 Å². The number of carbonyl (C=O) groups is 4. The first-order valence-electron chi connectivity index (χ1n) is 14.4. The van der Waals surface area contributed by atoms with Crippen molar-refractivity contribution in [3.8, 4) is 0 Å². The van der Waals surface area contributed by atoms with Gasteiger partial charge in [0.25, 0.3) is 23.6 Å². The molecule has 1 saturated heterocycles. The van der Waals surface area contributed by atoms with Gasteiger partial charge >= 0.3 is 0 Å². The number of piperazine rings is 1. The molecule has 8 nitrogen and oxygen atoms in total. The fourth-order valence-corrected chi connectivity index (χ4v) is 6.71. The van der Waals surface area contributed by atoms with Gasteiger partial charge in [0.05, 0.1) is 22.3 Å². The summed E-state index contributed by atoms with van der Waals surface area (Å²) in [5.74, 6) is -2.78. The van der Waals surface area contributed by atoms with Gasteiger partial charge in [-0.3, -0.25) is 24.1 Å². The Labute approximate surface area is 247 Å². The molecule has 3 heterocycles. The quantitative estimate of drug-likeness (QED) is 0.281. The summed E-state index contributed by atoms with van der Waals surface area (Å²) in [5, 5.41) is 4.07. The predicted molar refractivity (Wildman–Crippen MR) is 163 cm³/mol. The zero-order valence-electron chi connectivity index (χ0n) is 23.2. The van der Waals surface area contributed by atoms with E-state index in [2.05, 4.69) is 34.1 Å². The molecule has 1 fully saturated rings. The van der Waals surface area contributed by atoms with Gasteiger partial charge in [0.1, 0.15) is 0 Å². The molecule has 0 spiro atoms. The van der Waals surface area contributed by atoms with Crippen LogP contribution in [0.15, 0.2) is 97.1 Å². The number of anilines is 1. The van der Waals surface area contributed by atoms with Crippen molar-refractivity contribution in [3.05, 3.63) is 125 Å². The van der Waals surface area contributed by atoms with E-state index in [1.54, 1.807) is 42.5 Å². The van der Waals surface area contributed by atoms with Crippen molar-refractivity contribution in [2.75, 3.05) is 31.1 Å². The lowest BCUT2D eigenvalue weighted by molar-refractivity contribution is 0.00212. The lowest BCUT2D eigenvalue weighted by Gasteiger charge is -2.38. The predicted octanol–water partition coefficient (Wildman–Crippen LogP) is 5.12. The van der Waals surface area contributed by atoms with Gasteiger partial charge in [0.15, 0.2) is 0 Å². The standard InChI is InChI=1S/C35H26N4O4/c40-32-25-12-4-9-23-10-5-13-26(30(23)25)33(41)38(32)39-34(42)27-14-6-11-24-29(16-15-28(31(24)27)35(39)43)37-19-17-36(18-20-37)21-22-7-2-1-3-8-22/h1-16H,17-21H2. The lowest BCUT2D eigenvalue weighted by Crippen LogP contribution is -2.58. The Morgan fingerprint density at radius 1 is 0.488 bits per heavy atom. The van der Waals surface area contributed by atoms with Gasteiger partial charge in [0.2, 0.25) is 0 Å². The Hall–Kier alpha value is -5.34. The normalized spacial score (nSPS) is 17.0. The maximum absolute atomic E-state index is 14.0. The number of carbonyl (C=O) groups excluding carboxylic acids is 4. The summed E-state index contributed by atoms with van der Waals surface area (Å²) in [6, 6.07) is 29.8. The third kappa shape index (κ3) is 3.80. The van der Waals surface area contributed by atoms with Crippen LogP contribution >= 0.6 is 0 Å². The zero-order chi connectivity index (χ0) is 29.2. The Balaban J connectivity index is 1.13. The van der Waals surface area contributed by atoms with Gasteiger partial charge in [-0.15, -0.1) is 0 Å². The monoisotopic (exact) mass is 566 g/mol. The van der Waals surface area contributed by atoms with Crippen molar-refractivity contribution in [2.45, 2.75) is 6.54 Å². The summed E-state index contributed by atoms with van der Waals surface area (Å²) in [7, 11) is 0. The highest BCUT2D eigenvalue weighted by Crippen LogP contribution is 2.39. The van der Waals surface area contributed by atoms with Gasteiger partial charge in [0, 0.05) is 54.6 Å². The minimum Gasteiger partial charge on any atom is -0.368 e. The highest BCUT2D eigenvalue weighted by Gasteiger charge is 2.45. The van der Waals surface area contributed by atoms with Crippen molar-refractivity contribution in [1.29, 1.82) is 0 Å². The molecule has 0 aliphatic carbocycles. The third-order valence-electron chi connectivity index (χ3n) is 8.78. The molecular formula is C35H26N4O4. The average molecular weight is 567 g/mol. The number of hydrogen-bond acceptors (Lipinski definition) is 6. The maximum atomic E-state index is 14.0. The number of imide groups is 2. The van der Waals surface area contributed by atoms with E-state index in [1.165, 1.54) is 5.56 Å². The molecule has 5 aromatic carbocycles. The first-order valence-corrected chi connectivity index (χ1v) is 14.4. The van der Waals surface area contributed by atoms with Crippen LogP contribution in [0, 0.1) is 0 Å². The van der Waals surface area contributed by atoms with Crippen LogP contribution in [0.2, 0.25) is 0 Å². The average Bonchev–Trinajstić information content (AvgIpc) is 3.04. The van der Waals surface area contributed by atoms with Crippen molar-refractivity contribution >= 4 is 50.9 Å². The molecule has 3 aliphatic rings. The van der Waals surface area contributed by atoms with Crippen molar-refractivity contribution in [1.82, 2.24) is 14.9 Å². The van der Waals surface area contributed by atoms with E-state index in [4.69, 9.17) is 0 Å². The van der Waals surface area contributed by atoms with Crippen LogP contribution in [0.1, 0.15) is 47.0 Å². The summed E-state index contributed by atoms with van der Waals surface area (Å²) in [5.41, 5.74) is 3.37. The fraction of sp³-hybridized carbons (Fsp3) is 0.143. The van der Waals surface area contributed by atoms with Gasteiger partial charge in [-0.05, 0) is 41.3 Å². The van der Waals surface area contributed by atoms with Crippen molar-refractivity contribution in [2.24, 2.45) is 0 Å². The highest BCUT2D eigenvalue weighted by molar-refractivity contribution is 6.31. The first-order chi connectivity index (χ1) is 21.0. The number of benzene rings is 5. The summed E-state index contributed by atoms with van der Waals surface area (Å²) in [4.78, 5) is 60.1. The zero-order valence-corrected chi connectivity index (χ0v) is 23.2. The minimum absolute atomic E-state index is 0.277. The van der Waals surface area contributed by atoms with Gasteiger partial charge in [-0.1, -0.05) is 66.7 Å². The summed E-state index contributed by atoms with van der Waals surface area (Å²) >= 11 is 0. The van der Waals surface area contributed by atoms with E-state index in [-0.39, 0.29) is 22.3 Å². The Bertz CT molecular complexity index is 1940. The molecule has 210 valence electrons. The lowest BCUT2D eigenvalue weighted by atomic mass is 9.92. The van der Waals surface area contributed by atoms with Crippen LogP contribution in [0.3, 0.4) is 0 Å². The molecule has 8 heteroatoms. The SMILES string of the molecule is O=C1c2cccc3cccc(c23)C(=O)N1N1C(=O)c2cccc3c(N4CCN(Cc5ccccc5)CC4)ccc(c23)C1=O. The summed E-state index contributed by atoms with van der Waals surface area (Å²) < 4.78 is 0. The second kappa shape index (κ2) is 9.61. The molecule has 8 rings (SSSR count). The minimum atomic E-state index is -0.698. The molecule has 4 amide bonds. The number of amides is 4. The van der Waals surface area contributed by atoms with E-state index in [9.17, 15) is 19.2 Å². The number of hydrogen-bond donors (Lipinski definition) is 0. The second-order valence-electron chi connectivity index (χ2n) is 11.2. The Morgan fingerprint density at radius 2 is 1.02 bits per heavy atom. The molecule has 0 saturated carbocycles. The molecule has 0 N–H and O–H groups in total. The van der Waals surface area contributed by atoms with Crippen molar-refractivity contribution in [3.63, 3.8) is 0 Å². The molecule has 0 atom stereocenters. The molecule has 0 aromatic heterocycles. The Morgan fingerprint density at radius 3 is 1.63 bits per heavy atom. The van der Waals surface area contributed by atoms with Crippen LogP contribution in [0.4, 0.5) is 5.69 Å². The van der Waals surface area contributed by atoms with Gasteiger partial charge in [-0.25, -0.2) is 0 Å². The molecule has 43 heavy (non-hydrogen) atoms. The summed E-state index contributed by atoms with van der Waals surface area (Å²) in [6.07, 6.45) is 0. The Kier molecular flexibility index (Phi) is 5.67. The molecular weight excluding hydrogens is 540 g/mol. The maximum Gasteiger partial charge on any atom is 0.281 e. The van der Waals surface area contributed by atoms with E-state index in [0.717, 1.165) is 54.2 Å². The number of nitrogens with zero attached hydrogens (tertiary/aromatic N) is 4. The summed E-state index contributed by atoms with van der Waals surface area (Å²) in [6.45, 7) is 4.28. The molecule has 3 aliphatic heterocycles. The highest BCUT2D eigenvalue weighted by atomic mass is 16.2. The van der Waals surface area contributed by atoms with Crippen LogP contribution in [-0.2, 0) is 6.54 Å². The number of rotatable bonds is 4. The number of hydrazine groups is 1. The van der Waals surface area contributed by atoms with E-state index >= 15 is 0 Å².